The summed E-state index contributed by atoms with van der Waals surface area (Å²) in [5.41, 5.74) is 0. The maximum atomic E-state index is 4.26. The molecule has 0 bridgehead atoms. The highest BCUT2D eigenvalue weighted by atomic mass is 127. The van der Waals surface area contributed by atoms with Crippen LogP contribution in [0.4, 0.5) is 0 Å². The third kappa shape index (κ3) is 8.86. The highest BCUT2D eigenvalue weighted by molar-refractivity contribution is 14.0. The van der Waals surface area contributed by atoms with Crippen LogP contribution in [0.25, 0.3) is 0 Å². The number of rotatable bonds is 7. The van der Waals surface area contributed by atoms with Crippen LogP contribution in [0.3, 0.4) is 0 Å². The van der Waals surface area contributed by atoms with E-state index in [1.807, 2.05) is 7.05 Å². The second-order valence-electron chi connectivity index (χ2n) is 6.04. The van der Waals surface area contributed by atoms with Crippen LogP contribution >= 0.6 is 24.0 Å². The molecule has 0 amide bonds. The SMILES string of the molecule is CCC(C)NC(=NC)NCCCCN1CCCCC1C.I. The predicted octanol–water partition coefficient (Wildman–Crippen LogP) is 3.22. The quantitative estimate of drug-likeness (QED) is 0.293. The lowest BCUT2D eigenvalue weighted by atomic mass is 10.0. The summed E-state index contributed by atoms with van der Waals surface area (Å²) in [7, 11) is 1.84. The summed E-state index contributed by atoms with van der Waals surface area (Å²) in [6.07, 6.45) is 7.78. The van der Waals surface area contributed by atoms with Gasteiger partial charge in [0, 0.05) is 25.7 Å². The van der Waals surface area contributed by atoms with E-state index in [0.29, 0.717) is 6.04 Å². The average Bonchev–Trinajstić information content (AvgIpc) is 2.47. The van der Waals surface area contributed by atoms with Gasteiger partial charge in [0.1, 0.15) is 0 Å². The molecule has 5 heteroatoms. The van der Waals surface area contributed by atoms with Crippen LogP contribution in [0.5, 0.6) is 0 Å². The first-order valence-electron chi connectivity index (χ1n) is 8.38. The van der Waals surface area contributed by atoms with Gasteiger partial charge in [-0.15, -0.1) is 24.0 Å². The van der Waals surface area contributed by atoms with Crippen molar-refractivity contribution < 1.29 is 0 Å². The van der Waals surface area contributed by atoms with Crippen LogP contribution in [-0.2, 0) is 0 Å². The van der Waals surface area contributed by atoms with Crippen LogP contribution in [0.15, 0.2) is 4.99 Å². The molecule has 1 heterocycles. The minimum Gasteiger partial charge on any atom is -0.356 e. The van der Waals surface area contributed by atoms with Crippen molar-refractivity contribution in [2.24, 2.45) is 4.99 Å². The Morgan fingerprint density at radius 3 is 2.71 bits per heavy atom. The van der Waals surface area contributed by atoms with Crippen LogP contribution < -0.4 is 10.6 Å². The van der Waals surface area contributed by atoms with Gasteiger partial charge < -0.3 is 15.5 Å². The second kappa shape index (κ2) is 12.5. The molecular formula is C16H35IN4. The van der Waals surface area contributed by atoms with Crippen molar-refractivity contribution in [1.29, 1.82) is 0 Å². The Labute approximate surface area is 148 Å². The standard InChI is InChI=1S/C16H34N4.HI/c1-5-14(2)19-16(17-4)18-11-7-9-13-20-12-8-6-10-15(20)3;/h14-15H,5-13H2,1-4H3,(H2,17,18,19);1H. The van der Waals surface area contributed by atoms with E-state index in [4.69, 9.17) is 0 Å². The van der Waals surface area contributed by atoms with E-state index in [0.717, 1.165) is 25.0 Å². The number of aliphatic imine (C=N–C) groups is 1. The molecule has 1 fully saturated rings. The Hall–Kier alpha value is -0.0400. The lowest BCUT2D eigenvalue weighted by Crippen LogP contribution is -2.42. The molecule has 2 atom stereocenters. The van der Waals surface area contributed by atoms with Crippen molar-refractivity contribution in [3.05, 3.63) is 0 Å². The van der Waals surface area contributed by atoms with E-state index in [2.05, 4.69) is 41.3 Å². The smallest absolute Gasteiger partial charge is 0.191 e. The largest absolute Gasteiger partial charge is 0.356 e. The lowest BCUT2D eigenvalue weighted by Gasteiger charge is -2.33. The Balaban J connectivity index is 0.00000400. The molecule has 0 aromatic rings. The van der Waals surface area contributed by atoms with Gasteiger partial charge in [0.15, 0.2) is 5.96 Å². The summed E-state index contributed by atoms with van der Waals surface area (Å²) < 4.78 is 0. The van der Waals surface area contributed by atoms with Crippen LogP contribution in [-0.4, -0.2) is 49.6 Å². The highest BCUT2D eigenvalue weighted by Crippen LogP contribution is 2.16. The second-order valence-corrected chi connectivity index (χ2v) is 6.04. The molecule has 21 heavy (non-hydrogen) atoms. The van der Waals surface area contributed by atoms with Gasteiger partial charge in [-0.05, 0) is 59.0 Å². The first-order valence-corrected chi connectivity index (χ1v) is 8.38. The fraction of sp³-hybridized carbons (Fsp3) is 0.938. The summed E-state index contributed by atoms with van der Waals surface area (Å²) in [5, 5.41) is 6.80. The number of nitrogens with one attached hydrogen (secondary N) is 2. The van der Waals surface area contributed by atoms with Crippen molar-refractivity contribution in [2.75, 3.05) is 26.7 Å². The Kier molecular flexibility index (Phi) is 12.5. The highest BCUT2D eigenvalue weighted by Gasteiger charge is 2.16. The van der Waals surface area contributed by atoms with E-state index in [9.17, 15) is 0 Å². The van der Waals surface area contributed by atoms with E-state index in [-0.39, 0.29) is 24.0 Å². The van der Waals surface area contributed by atoms with Crippen molar-refractivity contribution in [3.8, 4) is 0 Å². The first kappa shape index (κ1) is 21.0. The van der Waals surface area contributed by atoms with Crippen molar-refractivity contribution in [1.82, 2.24) is 15.5 Å². The van der Waals surface area contributed by atoms with Gasteiger partial charge in [-0.2, -0.15) is 0 Å². The van der Waals surface area contributed by atoms with Gasteiger partial charge in [0.2, 0.25) is 0 Å². The fourth-order valence-electron chi connectivity index (χ4n) is 2.67. The molecule has 1 saturated heterocycles. The molecule has 126 valence electrons. The average molecular weight is 410 g/mol. The Morgan fingerprint density at radius 1 is 1.33 bits per heavy atom. The molecular weight excluding hydrogens is 375 g/mol. The first-order chi connectivity index (χ1) is 9.67. The number of halogens is 1. The number of piperidine rings is 1. The molecule has 0 aromatic carbocycles. The zero-order valence-corrected chi connectivity index (χ0v) is 16.7. The Bertz CT molecular complexity index is 283. The number of unbranched alkanes of at least 4 members (excludes halogenated alkanes) is 1. The fourth-order valence-corrected chi connectivity index (χ4v) is 2.67. The summed E-state index contributed by atoms with van der Waals surface area (Å²) in [5.74, 6) is 0.936. The van der Waals surface area contributed by atoms with Gasteiger partial charge in [-0.1, -0.05) is 13.3 Å². The van der Waals surface area contributed by atoms with E-state index in [1.165, 1.54) is 45.2 Å². The summed E-state index contributed by atoms with van der Waals surface area (Å²) in [6, 6.07) is 1.27. The zero-order valence-electron chi connectivity index (χ0n) is 14.3. The van der Waals surface area contributed by atoms with Gasteiger partial charge in [0.05, 0.1) is 0 Å². The third-order valence-corrected chi connectivity index (χ3v) is 4.32. The maximum Gasteiger partial charge on any atom is 0.191 e. The summed E-state index contributed by atoms with van der Waals surface area (Å²) in [6.45, 7) is 10.3. The normalized spacial score (nSPS) is 21.5. The maximum absolute atomic E-state index is 4.26. The van der Waals surface area contributed by atoms with E-state index < -0.39 is 0 Å². The molecule has 4 nitrogen and oxygen atoms in total. The minimum absolute atomic E-state index is 0. The minimum atomic E-state index is 0. The van der Waals surface area contributed by atoms with Crippen LogP contribution in [0, 0.1) is 0 Å². The number of nitrogens with zero attached hydrogens (tertiary/aromatic N) is 2. The topological polar surface area (TPSA) is 39.7 Å². The van der Waals surface area contributed by atoms with Gasteiger partial charge in [0.25, 0.3) is 0 Å². The van der Waals surface area contributed by atoms with Crippen molar-refractivity contribution >= 4 is 29.9 Å². The van der Waals surface area contributed by atoms with Gasteiger partial charge in [-0.3, -0.25) is 4.99 Å². The number of hydrogen-bond acceptors (Lipinski definition) is 2. The molecule has 0 aromatic heterocycles. The Morgan fingerprint density at radius 2 is 2.10 bits per heavy atom. The number of likely N-dealkylation sites (tertiary alicyclic amines) is 1. The molecule has 2 unspecified atom stereocenters. The molecule has 2 N–H and O–H groups in total. The van der Waals surface area contributed by atoms with Crippen LogP contribution in [0.2, 0.25) is 0 Å². The molecule has 1 rings (SSSR count). The van der Waals surface area contributed by atoms with Gasteiger partial charge >= 0.3 is 0 Å². The number of guanidine groups is 1. The summed E-state index contributed by atoms with van der Waals surface area (Å²) in [4.78, 5) is 6.91. The van der Waals surface area contributed by atoms with E-state index in [1.54, 1.807) is 0 Å². The van der Waals surface area contributed by atoms with Gasteiger partial charge in [-0.25, -0.2) is 0 Å². The predicted molar refractivity (Wildman–Crippen MR) is 104 cm³/mol. The molecule has 1 aliphatic heterocycles. The molecule has 0 saturated carbocycles. The molecule has 0 radical (unpaired) electrons. The van der Waals surface area contributed by atoms with Crippen molar-refractivity contribution in [2.45, 2.75) is 71.4 Å². The molecule has 0 aliphatic carbocycles. The molecule has 0 spiro atoms. The summed E-state index contributed by atoms with van der Waals surface area (Å²) >= 11 is 0. The van der Waals surface area contributed by atoms with Crippen LogP contribution in [0.1, 0.15) is 59.3 Å². The van der Waals surface area contributed by atoms with E-state index >= 15 is 0 Å². The lowest BCUT2D eigenvalue weighted by molar-refractivity contribution is 0.158. The monoisotopic (exact) mass is 410 g/mol. The molecule has 1 aliphatic rings. The third-order valence-electron chi connectivity index (χ3n) is 4.32. The number of hydrogen-bond donors (Lipinski definition) is 2. The van der Waals surface area contributed by atoms with Crippen molar-refractivity contribution in [3.63, 3.8) is 0 Å². The zero-order chi connectivity index (χ0) is 14.8.